The van der Waals surface area contributed by atoms with Crippen molar-refractivity contribution >= 4 is 5.97 Å². The molecule has 1 heterocycles. The Kier molecular flexibility index (Phi) is 6.40. The Morgan fingerprint density at radius 1 is 1.16 bits per heavy atom. The minimum Gasteiger partial charge on any atom is -0.493 e. The van der Waals surface area contributed by atoms with Crippen LogP contribution in [0.1, 0.15) is 28.0 Å². The smallest absolute Gasteiger partial charge is 0.373 e. The van der Waals surface area contributed by atoms with E-state index in [1.54, 1.807) is 18.2 Å². The number of esters is 1. The molecule has 2 atom stereocenters. The topological polar surface area (TPSA) is 119 Å². The highest BCUT2D eigenvalue weighted by Crippen LogP contribution is 2.32. The zero-order valence-electron chi connectivity index (χ0n) is 13.8. The van der Waals surface area contributed by atoms with Gasteiger partial charge in [-0.2, -0.15) is 0 Å². The Balaban J connectivity index is 2.09. The Labute approximate surface area is 144 Å². The van der Waals surface area contributed by atoms with Crippen LogP contribution in [0.25, 0.3) is 0 Å². The number of aliphatic hydroxyl groups excluding tert-OH is 3. The Bertz CT molecular complexity index is 708. The van der Waals surface area contributed by atoms with Crippen LogP contribution in [-0.2, 0) is 11.3 Å². The van der Waals surface area contributed by atoms with Gasteiger partial charge < -0.3 is 33.9 Å². The molecule has 2 unspecified atom stereocenters. The number of hydrogen-bond acceptors (Lipinski definition) is 8. The van der Waals surface area contributed by atoms with Gasteiger partial charge >= 0.3 is 5.97 Å². The molecule has 0 aliphatic heterocycles. The number of carbonyl (C=O) groups is 1. The van der Waals surface area contributed by atoms with E-state index in [4.69, 9.17) is 19.0 Å². The number of benzene rings is 1. The lowest BCUT2D eigenvalue weighted by Crippen LogP contribution is -2.22. The summed E-state index contributed by atoms with van der Waals surface area (Å²) in [5.41, 5.74) is 0.372. The monoisotopic (exact) mass is 352 g/mol. The second-order valence-electron chi connectivity index (χ2n) is 5.15. The summed E-state index contributed by atoms with van der Waals surface area (Å²) in [6, 6.07) is 7.68. The highest BCUT2D eigenvalue weighted by Gasteiger charge is 2.19. The second-order valence-corrected chi connectivity index (χ2v) is 5.15. The molecule has 2 rings (SSSR count). The van der Waals surface area contributed by atoms with Gasteiger partial charge in [-0.1, -0.05) is 6.07 Å². The van der Waals surface area contributed by atoms with Crippen molar-refractivity contribution < 1.29 is 38.7 Å². The fourth-order valence-electron chi connectivity index (χ4n) is 2.12. The number of methoxy groups -OCH3 is 2. The van der Waals surface area contributed by atoms with Crippen LogP contribution in [0.4, 0.5) is 0 Å². The molecule has 0 aliphatic rings. The summed E-state index contributed by atoms with van der Waals surface area (Å²) in [6.07, 6.45) is -2.54. The van der Waals surface area contributed by atoms with E-state index in [0.717, 1.165) is 0 Å². The molecule has 8 heteroatoms. The van der Waals surface area contributed by atoms with Gasteiger partial charge in [-0.25, -0.2) is 4.79 Å². The van der Waals surface area contributed by atoms with Gasteiger partial charge in [0.05, 0.1) is 20.8 Å². The number of rotatable bonds is 8. The first-order valence-corrected chi connectivity index (χ1v) is 7.45. The van der Waals surface area contributed by atoms with Crippen molar-refractivity contribution in [2.75, 3.05) is 20.8 Å². The van der Waals surface area contributed by atoms with Gasteiger partial charge in [0.1, 0.15) is 24.6 Å². The van der Waals surface area contributed by atoms with E-state index in [9.17, 15) is 15.0 Å². The number of ether oxygens (including phenoxy) is 3. The van der Waals surface area contributed by atoms with E-state index in [1.807, 2.05) is 0 Å². The van der Waals surface area contributed by atoms with Crippen LogP contribution < -0.4 is 9.47 Å². The third-order valence-corrected chi connectivity index (χ3v) is 3.50. The molecule has 136 valence electrons. The predicted molar refractivity (Wildman–Crippen MR) is 85.4 cm³/mol. The maximum Gasteiger partial charge on any atom is 0.373 e. The van der Waals surface area contributed by atoms with E-state index in [-0.39, 0.29) is 12.4 Å². The van der Waals surface area contributed by atoms with Crippen molar-refractivity contribution in [3.05, 3.63) is 47.4 Å². The molecule has 0 amide bonds. The lowest BCUT2D eigenvalue weighted by Gasteiger charge is -2.18. The Morgan fingerprint density at radius 3 is 2.56 bits per heavy atom. The van der Waals surface area contributed by atoms with Crippen LogP contribution in [0, 0.1) is 0 Å². The summed E-state index contributed by atoms with van der Waals surface area (Å²) in [5, 5.41) is 28.3. The molecule has 25 heavy (non-hydrogen) atoms. The molecular formula is C17H20O8. The SMILES string of the molecule is COC(=O)c1ccc(COc2ccc(C(O)C(O)CO)cc2OC)o1. The van der Waals surface area contributed by atoms with Crippen molar-refractivity contribution in [3.8, 4) is 11.5 Å². The Hall–Kier alpha value is -2.55. The van der Waals surface area contributed by atoms with Crippen LogP contribution >= 0.6 is 0 Å². The van der Waals surface area contributed by atoms with Gasteiger partial charge in [-0.3, -0.25) is 0 Å². The predicted octanol–water partition coefficient (Wildman–Crippen LogP) is 1.04. The normalized spacial score (nSPS) is 13.2. The summed E-state index contributed by atoms with van der Waals surface area (Å²) in [4.78, 5) is 11.3. The number of aliphatic hydroxyl groups is 3. The van der Waals surface area contributed by atoms with Gasteiger partial charge in [-0.15, -0.1) is 0 Å². The maximum absolute atomic E-state index is 11.3. The molecule has 8 nitrogen and oxygen atoms in total. The standard InChI is InChI=1S/C17H20O8/c1-22-15-7-10(16(20)12(19)8-18)3-5-13(15)24-9-11-4-6-14(25-11)17(21)23-2/h3-7,12,16,18-20H,8-9H2,1-2H3. The molecule has 0 fully saturated rings. The molecule has 0 radical (unpaired) electrons. The van der Waals surface area contributed by atoms with Crippen molar-refractivity contribution in [1.82, 2.24) is 0 Å². The largest absolute Gasteiger partial charge is 0.493 e. The molecule has 0 aliphatic carbocycles. The van der Waals surface area contributed by atoms with Gasteiger partial charge in [0.25, 0.3) is 0 Å². The van der Waals surface area contributed by atoms with Gasteiger partial charge in [0.15, 0.2) is 11.5 Å². The fraction of sp³-hybridized carbons (Fsp3) is 0.353. The third kappa shape index (κ3) is 4.50. The van der Waals surface area contributed by atoms with E-state index >= 15 is 0 Å². The average molecular weight is 352 g/mol. The summed E-state index contributed by atoms with van der Waals surface area (Å²) in [6.45, 7) is -0.517. The summed E-state index contributed by atoms with van der Waals surface area (Å²) in [7, 11) is 2.69. The molecule has 2 aromatic rings. The van der Waals surface area contributed by atoms with Crippen LogP contribution in [0.2, 0.25) is 0 Å². The summed E-state index contributed by atoms with van der Waals surface area (Å²) < 4.78 is 20.7. The first-order valence-electron chi connectivity index (χ1n) is 7.45. The summed E-state index contributed by atoms with van der Waals surface area (Å²) >= 11 is 0. The molecule has 0 saturated heterocycles. The van der Waals surface area contributed by atoms with Crippen molar-refractivity contribution in [2.24, 2.45) is 0 Å². The first-order chi connectivity index (χ1) is 12.0. The molecule has 0 saturated carbocycles. The molecular weight excluding hydrogens is 332 g/mol. The third-order valence-electron chi connectivity index (χ3n) is 3.50. The highest BCUT2D eigenvalue weighted by molar-refractivity contribution is 5.86. The van der Waals surface area contributed by atoms with E-state index in [0.29, 0.717) is 22.8 Å². The molecule has 3 N–H and O–H groups in total. The van der Waals surface area contributed by atoms with Crippen molar-refractivity contribution in [3.63, 3.8) is 0 Å². The van der Waals surface area contributed by atoms with E-state index in [2.05, 4.69) is 4.74 Å². The van der Waals surface area contributed by atoms with Crippen LogP contribution in [0.15, 0.2) is 34.7 Å². The van der Waals surface area contributed by atoms with Gasteiger partial charge in [-0.05, 0) is 29.8 Å². The van der Waals surface area contributed by atoms with Crippen LogP contribution in [0.3, 0.4) is 0 Å². The van der Waals surface area contributed by atoms with Crippen molar-refractivity contribution in [1.29, 1.82) is 0 Å². The summed E-state index contributed by atoms with van der Waals surface area (Å²) in [5.74, 6) is 0.630. The highest BCUT2D eigenvalue weighted by atomic mass is 16.5. The van der Waals surface area contributed by atoms with E-state index in [1.165, 1.54) is 26.4 Å². The van der Waals surface area contributed by atoms with E-state index < -0.39 is 24.8 Å². The number of carbonyl (C=O) groups excluding carboxylic acids is 1. The number of furan rings is 1. The molecule has 1 aromatic heterocycles. The van der Waals surface area contributed by atoms with Gasteiger partial charge in [0.2, 0.25) is 5.76 Å². The van der Waals surface area contributed by atoms with Crippen LogP contribution in [-0.4, -0.2) is 48.2 Å². The zero-order chi connectivity index (χ0) is 18.4. The fourth-order valence-corrected chi connectivity index (χ4v) is 2.12. The lowest BCUT2D eigenvalue weighted by molar-refractivity contribution is -0.0153. The molecule has 1 aromatic carbocycles. The van der Waals surface area contributed by atoms with Crippen molar-refractivity contribution in [2.45, 2.75) is 18.8 Å². The minimum atomic E-state index is -1.30. The maximum atomic E-state index is 11.3. The quantitative estimate of drug-likeness (QED) is 0.603. The first kappa shape index (κ1) is 18.8. The molecule has 0 spiro atoms. The molecule has 0 bridgehead atoms. The minimum absolute atomic E-state index is 0.0501. The van der Waals surface area contributed by atoms with Gasteiger partial charge in [0, 0.05) is 0 Å². The average Bonchev–Trinajstić information content (AvgIpc) is 3.13. The zero-order valence-corrected chi connectivity index (χ0v) is 13.8. The second kappa shape index (κ2) is 8.52. The lowest BCUT2D eigenvalue weighted by atomic mass is 10.0. The number of hydrogen-bond donors (Lipinski definition) is 3. The Morgan fingerprint density at radius 2 is 1.92 bits per heavy atom. The van der Waals surface area contributed by atoms with Crippen LogP contribution in [0.5, 0.6) is 11.5 Å².